The Labute approximate surface area is 73.6 Å². The third-order valence-electron chi connectivity index (χ3n) is 1.94. The largest absolute Gasteiger partial charge is 0.369 e. The normalized spacial score (nSPS) is 11.0. The summed E-state index contributed by atoms with van der Waals surface area (Å²) in [7, 11) is 1.92. The molecule has 0 saturated heterocycles. The summed E-state index contributed by atoms with van der Waals surface area (Å²) in [4.78, 5) is 4.22. The predicted octanol–water partition coefficient (Wildman–Crippen LogP) is 1.59. The van der Waals surface area contributed by atoms with Crippen molar-refractivity contribution in [2.75, 3.05) is 5.73 Å². The summed E-state index contributed by atoms with van der Waals surface area (Å²) in [5, 5.41) is 0. The van der Waals surface area contributed by atoms with Crippen molar-refractivity contribution in [1.82, 2.24) is 9.55 Å². The lowest BCUT2D eigenvalue weighted by Crippen LogP contribution is -1.95. The van der Waals surface area contributed by atoms with Crippen LogP contribution in [0.4, 0.5) is 5.95 Å². The van der Waals surface area contributed by atoms with E-state index in [2.05, 4.69) is 18.8 Å². The highest BCUT2D eigenvalue weighted by Crippen LogP contribution is 2.09. The fourth-order valence-electron chi connectivity index (χ4n) is 1.10. The van der Waals surface area contributed by atoms with Gasteiger partial charge in [0, 0.05) is 13.2 Å². The molecule has 2 N–H and O–H groups in total. The van der Waals surface area contributed by atoms with E-state index in [-0.39, 0.29) is 0 Å². The average Bonchev–Trinajstić information content (AvgIpc) is 2.28. The fourth-order valence-corrected chi connectivity index (χ4v) is 1.10. The maximum Gasteiger partial charge on any atom is 0.200 e. The van der Waals surface area contributed by atoms with Crippen LogP contribution in [0, 0.1) is 5.92 Å². The Morgan fingerprint density at radius 2 is 2.25 bits per heavy atom. The maximum atomic E-state index is 5.60. The SMILES string of the molecule is CC(C)CCc1cn(C)c(N)n1. The van der Waals surface area contributed by atoms with Crippen LogP contribution in [0.2, 0.25) is 0 Å². The maximum absolute atomic E-state index is 5.60. The van der Waals surface area contributed by atoms with E-state index in [1.54, 1.807) is 0 Å². The molecule has 0 saturated carbocycles. The topological polar surface area (TPSA) is 43.8 Å². The molecule has 1 aromatic heterocycles. The second-order valence-electron chi connectivity index (χ2n) is 3.63. The smallest absolute Gasteiger partial charge is 0.200 e. The molecule has 1 rings (SSSR count). The van der Waals surface area contributed by atoms with Gasteiger partial charge in [0.25, 0.3) is 0 Å². The fraction of sp³-hybridized carbons (Fsp3) is 0.667. The third-order valence-corrected chi connectivity index (χ3v) is 1.94. The number of nitrogen functional groups attached to an aromatic ring is 1. The highest BCUT2D eigenvalue weighted by molar-refractivity contribution is 5.21. The number of imidazole rings is 1. The Kier molecular flexibility index (Phi) is 2.74. The number of hydrogen-bond donors (Lipinski definition) is 1. The van der Waals surface area contributed by atoms with Crippen molar-refractivity contribution >= 4 is 5.95 Å². The number of nitrogens with two attached hydrogens (primary N) is 1. The molecule has 0 aliphatic rings. The number of rotatable bonds is 3. The summed E-state index contributed by atoms with van der Waals surface area (Å²) in [5.41, 5.74) is 6.70. The first-order chi connectivity index (χ1) is 5.59. The Morgan fingerprint density at radius 3 is 2.67 bits per heavy atom. The van der Waals surface area contributed by atoms with Crippen molar-refractivity contribution in [3.8, 4) is 0 Å². The zero-order valence-electron chi connectivity index (χ0n) is 8.04. The van der Waals surface area contributed by atoms with Crippen molar-refractivity contribution in [3.63, 3.8) is 0 Å². The van der Waals surface area contributed by atoms with Gasteiger partial charge in [-0.2, -0.15) is 0 Å². The van der Waals surface area contributed by atoms with Gasteiger partial charge >= 0.3 is 0 Å². The Balaban J connectivity index is 2.53. The van der Waals surface area contributed by atoms with Gasteiger partial charge in [-0.05, 0) is 18.8 Å². The van der Waals surface area contributed by atoms with Gasteiger partial charge in [0.1, 0.15) is 0 Å². The minimum absolute atomic E-state index is 0.605. The van der Waals surface area contributed by atoms with E-state index in [0.29, 0.717) is 5.95 Å². The monoisotopic (exact) mass is 167 g/mol. The summed E-state index contributed by atoms with van der Waals surface area (Å²) in [6, 6.07) is 0. The Bertz CT molecular complexity index is 231. The van der Waals surface area contributed by atoms with E-state index in [0.717, 1.165) is 18.0 Å². The van der Waals surface area contributed by atoms with Crippen LogP contribution in [-0.2, 0) is 13.5 Å². The van der Waals surface area contributed by atoms with Crippen molar-refractivity contribution in [3.05, 3.63) is 11.9 Å². The first kappa shape index (κ1) is 9.10. The van der Waals surface area contributed by atoms with Gasteiger partial charge in [-0.1, -0.05) is 13.8 Å². The number of aromatic nitrogens is 2. The van der Waals surface area contributed by atoms with Gasteiger partial charge in [0.15, 0.2) is 5.95 Å². The highest BCUT2D eigenvalue weighted by atomic mass is 15.1. The third kappa shape index (κ3) is 2.26. The zero-order chi connectivity index (χ0) is 9.14. The molecule has 0 unspecified atom stereocenters. The van der Waals surface area contributed by atoms with E-state index in [1.807, 2.05) is 17.8 Å². The van der Waals surface area contributed by atoms with Crippen LogP contribution in [0.1, 0.15) is 26.0 Å². The van der Waals surface area contributed by atoms with Crippen LogP contribution in [0.5, 0.6) is 0 Å². The molecule has 12 heavy (non-hydrogen) atoms. The lowest BCUT2D eigenvalue weighted by atomic mass is 10.1. The van der Waals surface area contributed by atoms with Crippen LogP contribution in [0.3, 0.4) is 0 Å². The molecule has 1 heterocycles. The molecule has 0 spiro atoms. The van der Waals surface area contributed by atoms with Gasteiger partial charge in [-0.3, -0.25) is 0 Å². The summed E-state index contributed by atoms with van der Waals surface area (Å²) in [6.07, 6.45) is 4.21. The Hall–Kier alpha value is -0.990. The van der Waals surface area contributed by atoms with Crippen LogP contribution in [-0.4, -0.2) is 9.55 Å². The highest BCUT2D eigenvalue weighted by Gasteiger charge is 2.02. The molecule has 3 heteroatoms. The quantitative estimate of drug-likeness (QED) is 0.743. The standard InChI is InChI=1S/C9H17N3/c1-7(2)4-5-8-6-12(3)9(10)11-8/h6-7H,4-5H2,1-3H3,(H2,10,11). The van der Waals surface area contributed by atoms with E-state index < -0.39 is 0 Å². The van der Waals surface area contributed by atoms with Gasteiger partial charge in [-0.15, -0.1) is 0 Å². The van der Waals surface area contributed by atoms with Crippen LogP contribution in [0.25, 0.3) is 0 Å². The summed E-state index contributed by atoms with van der Waals surface area (Å²) in [6.45, 7) is 4.43. The summed E-state index contributed by atoms with van der Waals surface area (Å²) < 4.78 is 1.86. The lowest BCUT2D eigenvalue weighted by molar-refractivity contribution is 0.582. The minimum Gasteiger partial charge on any atom is -0.369 e. The van der Waals surface area contributed by atoms with Crippen molar-refractivity contribution < 1.29 is 0 Å². The predicted molar refractivity (Wildman–Crippen MR) is 50.8 cm³/mol. The van der Waals surface area contributed by atoms with Gasteiger partial charge < -0.3 is 10.3 Å². The molecule has 68 valence electrons. The van der Waals surface area contributed by atoms with Gasteiger partial charge in [0.2, 0.25) is 0 Å². The summed E-state index contributed by atoms with van der Waals surface area (Å²) >= 11 is 0. The molecule has 1 aromatic rings. The molecular weight excluding hydrogens is 150 g/mol. The second-order valence-corrected chi connectivity index (χ2v) is 3.63. The van der Waals surface area contributed by atoms with Gasteiger partial charge in [0.05, 0.1) is 5.69 Å². The molecule has 0 fully saturated rings. The number of aryl methyl sites for hydroxylation is 2. The van der Waals surface area contributed by atoms with Crippen LogP contribution in [0.15, 0.2) is 6.20 Å². The van der Waals surface area contributed by atoms with E-state index in [9.17, 15) is 0 Å². The number of nitrogens with zero attached hydrogens (tertiary/aromatic N) is 2. The van der Waals surface area contributed by atoms with Crippen molar-refractivity contribution in [2.45, 2.75) is 26.7 Å². The molecule has 3 nitrogen and oxygen atoms in total. The van der Waals surface area contributed by atoms with Gasteiger partial charge in [-0.25, -0.2) is 4.98 Å². The molecule has 0 bridgehead atoms. The molecular formula is C9H17N3. The molecule has 0 atom stereocenters. The number of hydrogen-bond acceptors (Lipinski definition) is 2. The van der Waals surface area contributed by atoms with E-state index in [4.69, 9.17) is 5.73 Å². The first-order valence-electron chi connectivity index (χ1n) is 4.37. The van der Waals surface area contributed by atoms with E-state index >= 15 is 0 Å². The van der Waals surface area contributed by atoms with Crippen LogP contribution < -0.4 is 5.73 Å². The van der Waals surface area contributed by atoms with Crippen LogP contribution >= 0.6 is 0 Å². The number of anilines is 1. The first-order valence-corrected chi connectivity index (χ1v) is 4.37. The summed E-state index contributed by atoms with van der Waals surface area (Å²) in [5.74, 6) is 1.34. The molecule has 0 aliphatic carbocycles. The second kappa shape index (κ2) is 3.61. The molecule has 0 aromatic carbocycles. The van der Waals surface area contributed by atoms with Crippen molar-refractivity contribution in [2.24, 2.45) is 13.0 Å². The van der Waals surface area contributed by atoms with Crippen molar-refractivity contribution in [1.29, 1.82) is 0 Å². The molecule has 0 aliphatic heterocycles. The molecule has 0 amide bonds. The minimum atomic E-state index is 0.605. The zero-order valence-corrected chi connectivity index (χ0v) is 8.04. The Morgan fingerprint density at radius 1 is 1.58 bits per heavy atom. The average molecular weight is 167 g/mol. The van der Waals surface area contributed by atoms with E-state index in [1.165, 1.54) is 6.42 Å². The lowest BCUT2D eigenvalue weighted by Gasteiger charge is -2.00. The molecule has 0 radical (unpaired) electrons.